The second-order valence-electron chi connectivity index (χ2n) is 3.42. The number of halogens is 2. The average Bonchev–Trinajstić information content (AvgIpc) is 2.26. The number of methoxy groups -OCH3 is 2. The van der Waals surface area contributed by atoms with E-state index in [-0.39, 0.29) is 5.02 Å². The van der Waals surface area contributed by atoms with E-state index >= 15 is 0 Å². The number of hydrogen-bond donors (Lipinski definition) is 1. The first kappa shape index (κ1) is 13.4. The zero-order valence-electron chi connectivity index (χ0n) is 9.24. The first-order valence-corrected chi connectivity index (χ1v) is 5.22. The molecule has 0 radical (unpaired) electrons. The SMILES string of the molecule is COC(OC)C(N)Cc1cccc(Cl)c1F. The monoisotopic (exact) mass is 247 g/mol. The maximum Gasteiger partial charge on any atom is 0.172 e. The molecule has 1 unspecified atom stereocenters. The molecule has 0 fully saturated rings. The van der Waals surface area contributed by atoms with Crippen LogP contribution in [-0.2, 0) is 15.9 Å². The fourth-order valence-electron chi connectivity index (χ4n) is 1.50. The van der Waals surface area contributed by atoms with Crippen LogP contribution in [0.15, 0.2) is 18.2 Å². The van der Waals surface area contributed by atoms with Gasteiger partial charge in [-0.05, 0) is 18.1 Å². The maximum atomic E-state index is 13.6. The van der Waals surface area contributed by atoms with Gasteiger partial charge in [0, 0.05) is 14.2 Å². The van der Waals surface area contributed by atoms with Crippen molar-refractivity contribution >= 4 is 11.6 Å². The van der Waals surface area contributed by atoms with E-state index < -0.39 is 18.1 Å². The average molecular weight is 248 g/mol. The Kier molecular flexibility index (Phi) is 5.15. The lowest BCUT2D eigenvalue weighted by molar-refractivity contribution is -0.116. The predicted octanol–water partition coefficient (Wildman–Crippen LogP) is 1.97. The Bertz CT molecular complexity index is 345. The van der Waals surface area contributed by atoms with Crippen molar-refractivity contribution in [3.8, 4) is 0 Å². The van der Waals surface area contributed by atoms with Crippen LogP contribution in [0.2, 0.25) is 5.02 Å². The van der Waals surface area contributed by atoms with Crippen LogP contribution in [0, 0.1) is 5.82 Å². The van der Waals surface area contributed by atoms with Crippen molar-refractivity contribution < 1.29 is 13.9 Å². The van der Waals surface area contributed by atoms with Gasteiger partial charge in [0.2, 0.25) is 0 Å². The molecule has 1 atom stereocenters. The molecule has 0 aliphatic heterocycles. The van der Waals surface area contributed by atoms with Gasteiger partial charge in [0.1, 0.15) is 5.82 Å². The van der Waals surface area contributed by atoms with E-state index in [0.717, 1.165) is 0 Å². The van der Waals surface area contributed by atoms with Gasteiger partial charge in [-0.1, -0.05) is 23.7 Å². The van der Waals surface area contributed by atoms with Crippen LogP contribution >= 0.6 is 11.6 Å². The molecule has 16 heavy (non-hydrogen) atoms. The van der Waals surface area contributed by atoms with Crippen molar-refractivity contribution in [2.24, 2.45) is 5.73 Å². The summed E-state index contributed by atoms with van der Waals surface area (Å²) in [5.41, 5.74) is 6.29. The summed E-state index contributed by atoms with van der Waals surface area (Å²) in [5, 5.41) is 0.0936. The molecule has 0 aromatic heterocycles. The number of ether oxygens (including phenoxy) is 2. The van der Waals surface area contributed by atoms with Crippen molar-refractivity contribution in [2.45, 2.75) is 18.8 Å². The van der Waals surface area contributed by atoms with E-state index in [0.29, 0.717) is 12.0 Å². The zero-order chi connectivity index (χ0) is 12.1. The standard InChI is InChI=1S/C11H15ClFNO2/c1-15-11(16-2)9(14)6-7-4-3-5-8(12)10(7)13/h3-5,9,11H,6,14H2,1-2H3. The molecule has 0 bridgehead atoms. The molecule has 0 saturated carbocycles. The Morgan fingerprint density at radius 3 is 2.56 bits per heavy atom. The van der Waals surface area contributed by atoms with Gasteiger partial charge in [0.25, 0.3) is 0 Å². The van der Waals surface area contributed by atoms with Crippen molar-refractivity contribution in [2.75, 3.05) is 14.2 Å². The number of rotatable bonds is 5. The van der Waals surface area contributed by atoms with Crippen LogP contribution in [0.4, 0.5) is 4.39 Å². The minimum absolute atomic E-state index is 0.0936. The van der Waals surface area contributed by atoms with Gasteiger partial charge in [-0.3, -0.25) is 0 Å². The van der Waals surface area contributed by atoms with E-state index in [1.54, 1.807) is 12.1 Å². The van der Waals surface area contributed by atoms with Crippen molar-refractivity contribution in [1.29, 1.82) is 0 Å². The summed E-state index contributed by atoms with van der Waals surface area (Å²) < 4.78 is 23.6. The second-order valence-corrected chi connectivity index (χ2v) is 3.83. The molecule has 0 amide bonds. The largest absolute Gasteiger partial charge is 0.354 e. The third-order valence-corrected chi connectivity index (χ3v) is 2.59. The molecule has 0 heterocycles. The quantitative estimate of drug-likeness (QED) is 0.809. The highest BCUT2D eigenvalue weighted by atomic mass is 35.5. The Balaban J connectivity index is 2.76. The number of benzene rings is 1. The summed E-state index contributed by atoms with van der Waals surface area (Å²) >= 11 is 5.67. The third-order valence-electron chi connectivity index (χ3n) is 2.30. The van der Waals surface area contributed by atoms with Gasteiger partial charge in [-0.15, -0.1) is 0 Å². The molecule has 1 aromatic carbocycles. The van der Waals surface area contributed by atoms with Gasteiger partial charge >= 0.3 is 0 Å². The molecule has 0 aliphatic rings. The Morgan fingerprint density at radius 2 is 2.00 bits per heavy atom. The Morgan fingerprint density at radius 1 is 1.38 bits per heavy atom. The summed E-state index contributed by atoms with van der Waals surface area (Å²) in [4.78, 5) is 0. The lowest BCUT2D eigenvalue weighted by atomic mass is 10.1. The molecule has 0 spiro atoms. The molecule has 2 N–H and O–H groups in total. The molecule has 0 saturated heterocycles. The lowest BCUT2D eigenvalue weighted by Crippen LogP contribution is -2.39. The van der Waals surface area contributed by atoms with Gasteiger partial charge < -0.3 is 15.2 Å². The van der Waals surface area contributed by atoms with E-state index in [1.165, 1.54) is 20.3 Å². The maximum absolute atomic E-state index is 13.6. The predicted molar refractivity (Wildman–Crippen MR) is 60.9 cm³/mol. The lowest BCUT2D eigenvalue weighted by Gasteiger charge is -2.21. The third kappa shape index (κ3) is 3.15. The van der Waals surface area contributed by atoms with E-state index in [9.17, 15) is 4.39 Å². The smallest absolute Gasteiger partial charge is 0.172 e. The highest BCUT2D eigenvalue weighted by Gasteiger charge is 2.19. The summed E-state index contributed by atoms with van der Waals surface area (Å²) in [7, 11) is 2.98. The van der Waals surface area contributed by atoms with E-state index in [1.807, 2.05) is 0 Å². The topological polar surface area (TPSA) is 44.5 Å². The van der Waals surface area contributed by atoms with E-state index in [2.05, 4.69) is 0 Å². The Hall–Kier alpha value is -0.680. The zero-order valence-corrected chi connectivity index (χ0v) is 10.00. The van der Waals surface area contributed by atoms with Crippen molar-refractivity contribution in [1.82, 2.24) is 0 Å². The first-order chi connectivity index (χ1) is 7.60. The van der Waals surface area contributed by atoms with Crippen LogP contribution in [0.5, 0.6) is 0 Å². The highest BCUT2D eigenvalue weighted by Crippen LogP contribution is 2.19. The van der Waals surface area contributed by atoms with Gasteiger partial charge in [-0.2, -0.15) is 0 Å². The molecular weight excluding hydrogens is 233 g/mol. The van der Waals surface area contributed by atoms with Crippen molar-refractivity contribution in [3.05, 3.63) is 34.6 Å². The van der Waals surface area contributed by atoms with Crippen LogP contribution < -0.4 is 5.73 Å². The first-order valence-electron chi connectivity index (χ1n) is 4.84. The van der Waals surface area contributed by atoms with Crippen LogP contribution in [0.1, 0.15) is 5.56 Å². The summed E-state index contributed by atoms with van der Waals surface area (Å²) in [6.45, 7) is 0. The summed E-state index contributed by atoms with van der Waals surface area (Å²) in [6, 6.07) is 4.38. The van der Waals surface area contributed by atoms with Crippen molar-refractivity contribution in [3.63, 3.8) is 0 Å². The normalized spacial score (nSPS) is 13.1. The number of hydrogen-bond acceptors (Lipinski definition) is 3. The van der Waals surface area contributed by atoms with Gasteiger partial charge in [0.05, 0.1) is 11.1 Å². The van der Waals surface area contributed by atoms with Crippen LogP contribution in [0.3, 0.4) is 0 Å². The molecule has 3 nitrogen and oxygen atoms in total. The number of nitrogens with two attached hydrogens (primary N) is 1. The molecule has 1 rings (SSSR count). The highest BCUT2D eigenvalue weighted by molar-refractivity contribution is 6.30. The fourth-order valence-corrected chi connectivity index (χ4v) is 1.70. The fraction of sp³-hybridized carbons (Fsp3) is 0.455. The van der Waals surface area contributed by atoms with E-state index in [4.69, 9.17) is 26.8 Å². The van der Waals surface area contributed by atoms with Gasteiger partial charge in [-0.25, -0.2) is 4.39 Å². The molecule has 90 valence electrons. The minimum atomic E-state index is -0.557. The Labute approximate surface area is 99.3 Å². The molecule has 5 heteroatoms. The molecule has 1 aromatic rings. The van der Waals surface area contributed by atoms with Crippen LogP contribution in [-0.4, -0.2) is 26.6 Å². The second kappa shape index (κ2) is 6.15. The minimum Gasteiger partial charge on any atom is -0.354 e. The van der Waals surface area contributed by atoms with Gasteiger partial charge in [0.15, 0.2) is 6.29 Å². The molecule has 0 aliphatic carbocycles. The summed E-state index contributed by atoms with van der Waals surface area (Å²) in [6.07, 6.45) is -0.253. The summed E-state index contributed by atoms with van der Waals surface area (Å²) in [5.74, 6) is -0.439. The molecular formula is C11H15ClFNO2. The van der Waals surface area contributed by atoms with Crippen LogP contribution in [0.25, 0.3) is 0 Å².